The van der Waals surface area contributed by atoms with Gasteiger partial charge >= 0.3 is 11.9 Å². The smallest absolute Gasteiger partial charge is 0.322 e. The van der Waals surface area contributed by atoms with E-state index in [0.29, 0.717) is 12.0 Å². The topological polar surface area (TPSA) is 92.7 Å². The van der Waals surface area contributed by atoms with E-state index in [1.165, 1.54) is 7.11 Å². The molecule has 0 unspecified atom stereocenters. The number of carboxylic acids is 1. The second-order valence-electron chi connectivity index (χ2n) is 4.53. The molecule has 0 atom stereocenters. The number of hydrogen-bond acceptors (Lipinski definition) is 4. The molecule has 0 aliphatic heterocycles. The highest BCUT2D eigenvalue weighted by Crippen LogP contribution is 2.18. The molecule has 23 heavy (non-hydrogen) atoms. The van der Waals surface area contributed by atoms with Gasteiger partial charge in [-0.15, -0.1) is 0 Å². The van der Waals surface area contributed by atoms with Crippen LogP contribution in [0.2, 0.25) is 0 Å². The van der Waals surface area contributed by atoms with Crippen molar-refractivity contribution in [1.82, 2.24) is 5.32 Å². The van der Waals surface area contributed by atoms with Gasteiger partial charge in [0.1, 0.15) is 6.54 Å². The van der Waals surface area contributed by atoms with Crippen molar-refractivity contribution in [3.63, 3.8) is 0 Å². The standard InChI is InChI=1S/C13H11NO3.C4H8O2/c15-12(16)8-14-13(17)11-7-3-5-9-4-1-2-6-10(9)11;1-3-4(5)6-2/h1-7H,8H2,(H,14,17)(H,15,16);3H2,1-2H3. The minimum absolute atomic E-state index is 0.157. The molecule has 2 aromatic carbocycles. The molecule has 0 saturated carbocycles. The number of aliphatic carboxylic acids is 1. The van der Waals surface area contributed by atoms with Crippen LogP contribution < -0.4 is 5.32 Å². The van der Waals surface area contributed by atoms with E-state index >= 15 is 0 Å². The number of methoxy groups -OCH3 is 1. The molecular weight excluding hydrogens is 298 g/mol. The molecule has 0 radical (unpaired) electrons. The van der Waals surface area contributed by atoms with Crippen molar-refractivity contribution in [1.29, 1.82) is 0 Å². The van der Waals surface area contributed by atoms with Crippen molar-refractivity contribution in [2.75, 3.05) is 13.7 Å². The van der Waals surface area contributed by atoms with Crippen LogP contribution >= 0.6 is 0 Å². The van der Waals surface area contributed by atoms with Gasteiger partial charge in [-0.2, -0.15) is 0 Å². The molecule has 2 aromatic rings. The second-order valence-corrected chi connectivity index (χ2v) is 4.53. The summed E-state index contributed by atoms with van der Waals surface area (Å²) in [5, 5.41) is 12.6. The molecule has 2 rings (SSSR count). The van der Waals surface area contributed by atoms with Crippen LogP contribution in [0.1, 0.15) is 23.7 Å². The van der Waals surface area contributed by atoms with Crippen LogP contribution in [0.5, 0.6) is 0 Å². The molecule has 1 amide bonds. The minimum atomic E-state index is -1.06. The van der Waals surface area contributed by atoms with Crippen LogP contribution in [-0.2, 0) is 14.3 Å². The number of ether oxygens (including phenoxy) is 1. The van der Waals surface area contributed by atoms with Crippen LogP contribution in [0.25, 0.3) is 10.8 Å². The Morgan fingerprint density at radius 1 is 1.09 bits per heavy atom. The highest BCUT2D eigenvalue weighted by molar-refractivity contribution is 6.07. The van der Waals surface area contributed by atoms with E-state index in [-0.39, 0.29) is 18.4 Å². The molecule has 0 heterocycles. The fourth-order valence-corrected chi connectivity index (χ4v) is 1.82. The Hall–Kier alpha value is -2.89. The van der Waals surface area contributed by atoms with Gasteiger partial charge in [0.25, 0.3) is 5.91 Å². The predicted molar refractivity (Wildman–Crippen MR) is 86.2 cm³/mol. The lowest BCUT2D eigenvalue weighted by Crippen LogP contribution is -2.29. The number of esters is 1. The number of benzene rings is 2. The van der Waals surface area contributed by atoms with Gasteiger partial charge in [-0.3, -0.25) is 14.4 Å². The fourth-order valence-electron chi connectivity index (χ4n) is 1.82. The predicted octanol–water partition coefficient (Wildman–Crippen LogP) is 2.22. The van der Waals surface area contributed by atoms with Crippen molar-refractivity contribution in [2.24, 2.45) is 0 Å². The maximum absolute atomic E-state index is 11.8. The second kappa shape index (κ2) is 9.19. The Kier molecular flexibility index (Phi) is 7.26. The minimum Gasteiger partial charge on any atom is -0.480 e. The molecule has 0 aliphatic rings. The number of carbonyl (C=O) groups excluding carboxylic acids is 2. The molecule has 2 N–H and O–H groups in total. The van der Waals surface area contributed by atoms with Crippen molar-refractivity contribution in [3.05, 3.63) is 48.0 Å². The van der Waals surface area contributed by atoms with Gasteiger partial charge in [0.2, 0.25) is 0 Å². The zero-order valence-corrected chi connectivity index (χ0v) is 13.0. The Bertz CT molecular complexity index is 685. The fraction of sp³-hybridized carbons (Fsp3) is 0.235. The summed E-state index contributed by atoms with van der Waals surface area (Å²) in [5.41, 5.74) is 0.490. The number of rotatable bonds is 4. The monoisotopic (exact) mass is 317 g/mol. The first-order valence-electron chi connectivity index (χ1n) is 7.04. The third-order valence-electron chi connectivity index (χ3n) is 2.95. The molecule has 122 valence electrons. The summed E-state index contributed by atoms with van der Waals surface area (Å²) in [4.78, 5) is 32.1. The van der Waals surface area contributed by atoms with E-state index in [1.807, 2.05) is 30.3 Å². The number of fused-ring (bicyclic) bond motifs is 1. The quantitative estimate of drug-likeness (QED) is 0.844. The van der Waals surface area contributed by atoms with Crippen LogP contribution in [0.3, 0.4) is 0 Å². The zero-order valence-electron chi connectivity index (χ0n) is 13.0. The molecule has 0 spiro atoms. The van der Waals surface area contributed by atoms with Gasteiger partial charge < -0.3 is 15.2 Å². The molecule has 0 aliphatic carbocycles. The Morgan fingerprint density at radius 2 is 1.74 bits per heavy atom. The van der Waals surface area contributed by atoms with Crippen LogP contribution in [0.4, 0.5) is 0 Å². The summed E-state index contributed by atoms with van der Waals surface area (Å²) in [6.07, 6.45) is 0.469. The average molecular weight is 317 g/mol. The average Bonchev–Trinajstić information content (AvgIpc) is 2.58. The van der Waals surface area contributed by atoms with E-state index in [2.05, 4.69) is 10.1 Å². The first-order valence-corrected chi connectivity index (χ1v) is 7.04. The van der Waals surface area contributed by atoms with E-state index in [4.69, 9.17) is 5.11 Å². The Morgan fingerprint density at radius 3 is 2.30 bits per heavy atom. The lowest BCUT2D eigenvalue weighted by molar-refractivity contribution is -0.140. The van der Waals surface area contributed by atoms with Gasteiger partial charge in [0.05, 0.1) is 7.11 Å². The van der Waals surface area contributed by atoms with Crippen LogP contribution in [0.15, 0.2) is 42.5 Å². The zero-order chi connectivity index (χ0) is 17.2. The van der Waals surface area contributed by atoms with E-state index < -0.39 is 5.97 Å². The Labute approximate surface area is 134 Å². The highest BCUT2D eigenvalue weighted by atomic mass is 16.5. The molecular formula is C17H19NO5. The number of carboxylic acid groups (broad SMARTS) is 1. The van der Waals surface area contributed by atoms with Gasteiger partial charge in [-0.25, -0.2) is 0 Å². The van der Waals surface area contributed by atoms with E-state index in [1.54, 1.807) is 19.1 Å². The SMILES string of the molecule is CCC(=O)OC.O=C(O)CNC(=O)c1cccc2ccccc12. The first kappa shape index (κ1) is 18.2. The van der Waals surface area contributed by atoms with Gasteiger partial charge in [-0.1, -0.05) is 43.3 Å². The molecule has 6 heteroatoms. The summed E-state index contributed by atoms with van der Waals surface area (Å²) in [6, 6.07) is 12.8. The summed E-state index contributed by atoms with van der Waals surface area (Å²) < 4.78 is 4.26. The number of amides is 1. The third kappa shape index (κ3) is 5.78. The van der Waals surface area contributed by atoms with Crippen LogP contribution in [0, 0.1) is 0 Å². The summed E-state index contributed by atoms with van der Waals surface area (Å²) in [7, 11) is 1.38. The molecule has 0 bridgehead atoms. The van der Waals surface area contributed by atoms with Crippen molar-refractivity contribution < 1.29 is 24.2 Å². The third-order valence-corrected chi connectivity index (χ3v) is 2.95. The van der Waals surface area contributed by atoms with Gasteiger partial charge in [0.15, 0.2) is 0 Å². The van der Waals surface area contributed by atoms with Gasteiger partial charge in [-0.05, 0) is 16.8 Å². The highest BCUT2D eigenvalue weighted by Gasteiger charge is 2.09. The molecule has 0 aromatic heterocycles. The van der Waals surface area contributed by atoms with Crippen molar-refractivity contribution in [2.45, 2.75) is 13.3 Å². The molecule has 0 fully saturated rings. The lowest BCUT2D eigenvalue weighted by atomic mass is 10.0. The van der Waals surface area contributed by atoms with Crippen molar-refractivity contribution in [3.8, 4) is 0 Å². The maximum atomic E-state index is 11.8. The number of hydrogen-bond donors (Lipinski definition) is 2. The largest absolute Gasteiger partial charge is 0.480 e. The lowest BCUT2D eigenvalue weighted by Gasteiger charge is -2.06. The summed E-state index contributed by atoms with van der Waals surface area (Å²) in [6.45, 7) is 1.38. The van der Waals surface area contributed by atoms with E-state index in [9.17, 15) is 14.4 Å². The normalized spacial score (nSPS) is 9.48. The van der Waals surface area contributed by atoms with Crippen LogP contribution in [-0.4, -0.2) is 36.6 Å². The maximum Gasteiger partial charge on any atom is 0.322 e. The first-order chi connectivity index (χ1) is 11.0. The summed E-state index contributed by atoms with van der Waals surface area (Å²) >= 11 is 0. The van der Waals surface area contributed by atoms with Gasteiger partial charge in [0, 0.05) is 12.0 Å². The number of nitrogens with one attached hydrogen (secondary N) is 1. The van der Waals surface area contributed by atoms with E-state index in [0.717, 1.165) is 10.8 Å². The van der Waals surface area contributed by atoms with Crippen molar-refractivity contribution >= 4 is 28.6 Å². The molecule has 0 saturated heterocycles. The molecule has 6 nitrogen and oxygen atoms in total. The Balaban J connectivity index is 0.000000379. The number of carbonyl (C=O) groups is 3. The summed E-state index contributed by atoms with van der Waals surface area (Å²) in [5.74, 6) is -1.59.